The number of aromatic nitrogens is 2. The van der Waals surface area contributed by atoms with Gasteiger partial charge in [-0.05, 0) is 50.6 Å². The summed E-state index contributed by atoms with van der Waals surface area (Å²) in [5.74, 6) is 0. The zero-order valence-electron chi connectivity index (χ0n) is 14.3. The van der Waals surface area contributed by atoms with Gasteiger partial charge in [-0.2, -0.15) is 0 Å². The molecule has 2 aromatic heterocycles. The van der Waals surface area contributed by atoms with E-state index < -0.39 is 0 Å². The first-order valence-corrected chi connectivity index (χ1v) is 8.34. The zero-order chi connectivity index (χ0) is 16.2. The predicted octanol–water partition coefficient (Wildman–Crippen LogP) is 3.74. The van der Waals surface area contributed by atoms with Crippen LogP contribution in [0.15, 0.2) is 48.8 Å². The minimum atomic E-state index is 0.958. The Bertz CT molecular complexity index is 772. The molecule has 0 N–H and O–H groups in total. The van der Waals surface area contributed by atoms with Gasteiger partial charge in [-0.25, -0.2) is 0 Å². The van der Waals surface area contributed by atoms with Crippen molar-refractivity contribution in [2.45, 2.75) is 32.7 Å². The summed E-state index contributed by atoms with van der Waals surface area (Å²) in [5, 5.41) is 0. The Balaban J connectivity index is 1.93. The standard InChI is InChI=1S/C20H25N3/c1-4-17-14-19-18(11-10-16-8-6-5-7-9-16)21-12-13-23(19)20(17)15-22(2)3/h5-9,12-14H,4,10-11,15H2,1-3H3. The lowest BCUT2D eigenvalue weighted by Gasteiger charge is -2.12. The molecule has 120 valence electrons. The summed E-state index contributed by atoms with van der Waals surface area (Å²) in [6.45, 7) is 3.19. The highest BCUT2D eigenvalue weighted by Gasteiger charge is 2.13. The summed E-state index contributed by atoms with van der Waals surface area (Å²) in [6.07, 6.45) is 7.10. The van der Waals surface area contributed by atoms with E-state index in [1.807, 2.05) is 6.20 Å². The van der Waals surface area contributed by atoms with Crippen LogP contribution in [0.4, 0.5) is 0 Å². The Hall–Kier alpha value is -2.13. The summed E-state index contributed by atoms with van der Waals surface area (Å²) < 4.78 is 2.33. The fourth-order valence-corrected chi connectivity index (χ4v) is 3.15. The Morgan fingerprint density at radius 3 is 2.57 bits per heavy atom. The number of nitrogens with zero attached hydrogens (tertiary/aromatic N) is 3. The van der Waals surface area contributed by atoms with Crippen LogP contribution >= 0.6 is 0 Å². The molecule has 0 aliphatic carbocycles. The quantitative estimate of drug-likeness (QED) is 0.691. The molecule has 3 rings (SSSR count). The molecule has 0 spiro atoms. The number of aryl methyl sites for hydroxylation is 3. The highest BCUT2D eigenvalue weighted by atomic mass is 15.1. The lowest BCUT2D eigenvalue weighted by molar-refractivity contribution is 0.394. The molecule has 0 aliphatic rings. The largest absolute Gasteiger partial charge is 0.316 e. The molecule has 0 atom stereocenters. The van der Waals surface area contributed by atoms with E-state index in [4.69, 9.17) is 0 Å². The SMILES string of the molecule is CCc1cc2c(CCc3ccccc3)nccn2c1CN(C)C. The average Bonchev–Trinajstić information content (AvgIpc) is 2.92. The number of rotatable bonds is 6. The third kappa shape index (κ3) is 3.45. The highest BCUT2D eigenvalue weighted by molar-refractivity contribution is 5.57. The van der Waals surface area contributed by atoms with Crippen molar-refractivity contribution in [1.82, 2.24) is 14.3 Å². The topological polar surface area (TPSA) is 20.5 Å². The molecule has 3 heteroatoms. The summed E-state index contributed by atoms with van der Waals surface area (Å²) in [5.41, 5.74) is 6.63. The molecule has 0 saturated carbocycles. The van der Waals surface area contributed by atoms with Gasteiger partial charge in [-0.1, -0.05) is 37.3 Å². The van der Waals surface area contributed by atoms with E-state index in [1.165, 1.54) is 28.0 Å². The van der Waals surface area contributed by atoms with Gasteiger partial charge in [0.2, 0.25) is 0 Å². The van der Waals surface area contributed by atoms with Crippen LogP contribution in [0.1, 0.15) is 29.4 Å². The molecule has 0 radical (unpaired) electrons. The summed E-state index contributed by atoms with van der Waals surface area (Å²) in [7, 11) is 4.24. The van der Waals surface area contributed by atoms with E-state index in [0.717, 1.165) is 25.8 Å². The molecular weight excluding hydrogens is 282 g/mol. The van der Waals surface area contributed by atoms with Crippen LogP contribution in [0, 0.1) is 0 Å². The molecule has 0 fully saturated rings. The molecular formula is C20H25N3. The number of hydrogen-bond donors (Lipinski definition) is 0. The third-order valence-electron chi connectivity index (χ3n) is 4.31. The molecule has 23 heavy (non-hydrogen) atoms. The van der Waals surface area contributed by atoms with Crippen molar-refractivity contribution in [3.63, 3.8) is 0 Å². The van der Waals surface area contributed by atoms with Crippen LogP contribution in [0.3, 0.4) is 0 Å². The Morgan fingerprint density at radius 1 is 1.09 bits per heavy atom. The molecule has 0 bridgehead atoms. The summed E-state index contributed by atoms with van der Waals surface area (Å²) >= 11 is 0. The smallest absolute Gasteiger partial charge is 0.0672 e. The van der Waals surface area contributed by atoms with Gasteiger partial charge >= 0.3 is 0 Å². The van der Waals surface area contributed by atoms with Crippen LogP contribution in [-0.2, 0) is 25.8 Å². The van der Waals surface area contributed by atoms with Crippen molar-refractivity contribution < 1.29 is 0 Å². The van der Waals surface area contributed by atoms with E-state index >= 15 is 0 Å². The highest BCUT2D eigenvalue weighted by Crippen LogP contribution is 2.21. The monoisotopic (exact) mass is 307 g/mol. The molecule has 3 aromatic rings. The lowest BCUT2D eigenvalue weighted by atomic mass is 10.1. The Morgan fingerprint density at radius 2 is 1.87 bits per heavy atom. The fourth-order valence-electron chi connectivity index (χ4n) is 3.15. The maximum Gasteiger partial charge on any atom is 0.0672 e. The van der Waals surface area contributed by atoms with Crippen molar-refractivity contribution in [3.8, 4) is 0 Å². The van der Waals surface area contributed by atoms with Crippen molar-refractivity contribution >= 4 is 5.52 Å². The first kappa shape index (κ1) is 15.8. The Labute approximate surface area is 138 Å². The van der Waals surface area contributed by atoms with Gasteiger partial charge in [0.15, 0.2) is 0 Å². The minimum Gasteiger partial charge on any atom is -0.316 e. The van der Waals surface area contributed by atoms with Crippen molar-refractivity contribution in [2.75, 3.05) is 14.1 Å². The second-order valence-electron chi connectivity index (χ2n) is 6.32. The van der Waals surface area contributed by atoms with Crippen LogP contribution in [0.2, 0.25) is 0 Å². The lowest BCUT2D eigenvalue weighted by Crippen LogP contribution is -2.14. The van der Waals surface area contributed by atoms with E-state index in [0.29, 0.717) is 0 Å². The average molecular weight is 307 g/mol. The molecule has 0 aliphatic heterocycles. The van der Waals surface area contributed by atoms with Crippen molar-refractivity contribution in [1.29, 1.82) is 0 Å². The van der Waals surface area contributed by atoms with Crippen LogP contribution < -0.4 is 0 Å². The first-order valence-electron chi connectivity index (χ1n) is 8.34. The summed E-state index contributed by atoms with van der Waals surface area (Å²) in [6, 6.07) is 13.0. The van der Waals surface area contributed by atoms with Gasteiger partial charge in [-0.3, -0.25) is 4.98 Å². The van der Waals surface area contributed by atoms with Crippen LogP contribution in [0.25, 0.3) is 5.52 Å². The maximum absolute atomic E-state index is 4.66. The second kappa shape index (κ2) is 6.97. The van der Waals surface area contributed by atoms with Crippen molar-refractivity contribution in [2.24, 2.45) is 0 Å². The predicted molar refractivity (Wildman–Crippen MR) is 95.8 cm³/mol. The van der Waals surface area contributed by atoms with E-state index in [-0.39, 0.29) is 0 Å². The molecule has 0 amide bonds. The number of hydrogen-bond acceptors (Lipinski definition) is 2. The van der Waals surface area contributed by atoms with E-state index in [1.54, 1.807) is 0 Å². The zero-order valence-corrected chi connectivity index (χ0v) is 14.3. The Kier molecular flexibility index (Phi) is 4.77. The number of fused-ring (bicyclic) bond motifs is 1. The van der Waals surface area contributed by atoms with Crippen molar-refractivity contribution in [3.05, 3.63) is 71.3 Å². The molecule has 0 saturated heterocycles. The van der Waals surface area contributed by atoms with Gasteiger partial charge < -0.3 is 9.30 Å². The van der Waals surface area contributed by atoms with Crippen LogP contribution in [0.5, 0.6) is 0 Å². The summed E-state index contributed by atoms with van der Waals surface area (Å²) in [4.78, 5) is 6.88. The van der Waals surface area contributed by atoms with Gasteiger partial charge in [-0.15, -0.1) is 0 Å². The molecule has 0 unspecified atom stereocenters. The maximum atomic E-state index is 4.66. The number of benzene rings is 1. The van der Waals surface area contributed by atoms with E-state index in [2.05, 4.69) is 77.9 Å². The van der Waals surface area contributed by atoms with E-state index in [9.17, 15) is 0 Å². The van der Waals surface area contributed by atoms with Gasteiger partial charge in [0.25, 0.3) is 0 Å². The van der Waals surface area contributed by atoms with Crippen LogP contribution in [-0.4, -0.2) is 28.4 Å². The second-order valence-corrected chi connectivity index (χ2v) is 6.32. The third-order valence-corrected chi connectivity index (χ3v) is 4.31. The molecule has 1 aromatic carbocycles. The van der Waals surface area contributed by atoms with Gasteiger partial charge in [0.1, 0.15) is 0 Å². The normalized spacial score (nSPS) is 11.5. The fraction of sp³-hybridized carbons (Fsp3) is 0.350. The van der Waals surface area contributed by atoms with Gasteiger partial charge in [0, 0.05) is 24.6 Å². The molecule has 2 heterocycles. The van der Waals surface area contributed by atoms with Gasteiger partial charge in [0.05, 0.1) is 11.2 Å². The first-order chi connectivity index (χ1) is 11.2. The molecule has 3 nitrogen and oxygen atoms in total. The minimum absolute atomic E-state index is 0.958.